The quantitative estimate of drug-likeness (QED) is 0.824. The van der Waals surface area contributed by atoms with Gasteiger partial charge in [-0.15, -0.1) is 0 Å². The van der Waals surface area contributed by atoms with E-state index in [-0.39, 0.29) is 18.2 Å². The largest absolute Gasteiger partial charge is 0.481 e. The minimum atomic E-state index is -0.745. The molecule has 1 amide bonds. The fourth-order valence-electron chi connectivity index (χ4n) is 2.87. The predicted octanol–water partition coefficient (Wildman–Crippen LogP) is 1.27. The van der Waals surface area contributed by atoms with E-state index >= 15 is 0 Å². The Kier molecular flexibility index (Phi) is 3.90. The molecule has 0 radical (unpaired) electrons. The summed E-state index contributed by atoms with van der Waals surface area (Å²) in [6.45, 7) is 3.86. The van der Waals surface area contributed by atoms with Gasteiger partial charge in [0, 0.05) is 26.1 Å². The minimum absolute atomic E-state index is 0.0776. The van der Waals surface area contributed by atoms with E-state index in [1.165, 1.54) is 0 Å². The van der Waals surface area contributed by atoms with Crippen LogP contribution >= 0.6 is 0 Å². The van der Waals surface area contributed by atoms with Crippen LogP contribution in [0.4, 0.5) is 0 Å². The average Bonchev–Trinajstić information content (AvgIpc) is 2.77. The monoisotopic (exact) mass is 255 g/mol. The third-order valence-corrected chi connectivity index (χ3v) is 4.04. The van der Waals surface area contributed by atoms with Gasteiger partial charge >= 0.3 is 5.97 Å². The minimum Gasteiger partial charge on any atom is -0.481 e. The summed E-state index contributed by atoms with van der Waals surface area (Å²) in [5.74, 6) is -0.455. The molecule has 2 saturated heterocycles. The van der Waals surface area contributed by atoms with Crippen LogP contribution in [0.25, 0.3) is 0 Å². The summed E-state index contributed by atoms with van der Waals surface area (Å²) < 4.78 is 5.56. The number of ether oxygens (including phenoxy) is 1. The van der Waals surface area contributed by atoms with Crippen molar-refractivity contribution in [2.45, 2.75) is 44.6 Å². The summed E-state index contributed by atoms with van der Waals surface area (Å²) in [5, 5.41) is 8.75. The third-order valence-electron chi connectivity index (χ3n) is 4.04. The lowest BCUT2D eigenvalue weighted by molar-refractivity contribution is -0.152. The third kappa shape index (κ3) is 2.83. The van der Waals surface area contributed by atoms with E-state index in [9.17, 15) is 9.59 Å². The molecule has 1 unspecified atom stereocenters. The highest BCUT2D eigenvalue weighted by molar-refractivity contribution is 5.85. The van der Waals surface area contributed by atoms with E-state index in [2.05, 4.69) is 0 Å². The van der Waals surface area contributed by atoms with E-state index in [4.69, 9.17) is 9.84 Å². The molecule has 0 bridgehead atoms. The summed E-state index contributed by atoms with van der Waals surface area (Å²) in [7, 11) is 0. The van der Waals surface area contributed by atoms with Gasteiger partial charge in [-0.25, -0.2) is 0 Å². The lowest BCUT2D eigenvalue weighted by atomic mass is 9.92. The molecular weight excluding hydrogens is 234 g/mol. The number of piperidine rings is 1. The van der Waals surface area contributed by atoms with Gasteiger partial charge in [0.05, 0.1) is 0 Å². The lowest BCUT2D eigenvalue weighted by Crippen LogP contribution is -2.49. The van der Waals surface area contributed by atoms with Crippen LogP contribution in [0.2, 0.25) is 0 Å². The van der Waals surface area contributed by atoms with Crippen molar-refractivity contribution >= 4 is 11.9 Å². The maximum Gasteiger partial charge on any atom is 0.303 e. The normalized spacial score (nSPS) is 29.5. The standard InChI is InChI=1S/C13H21NO4/c1-13(5-2-8-18-13)12(17)14-6-3-10(4-7-14)9-11(15)16/h10H,2-9H2,1H3,(H,15,16). The van der Waals surface area contributed by atoms with Gasteiger partial charge in [0.15, 0.2) is 0 Å². The molecule has 0 spiro atoms. The average molecular weight is 255 g/mol. The Morgan fingerprint density at radius 2 is 2.06 bits per heavy atom. The number of hydrogen-bond acceptors (Lipinski definition) is 3. The molecule has 2 aliphatic rings. The van der Waals surface area contributed by atoms with E-state index < -0.39 is 11.6 Å². The fourth-order valence-corrected chi connectivity index (χ4v) is 2.87. The van der Waals surface area contributed by atoms with E-state index in [0.717, 1.165) is 25.7 Å². The zero-order chi connectivity index (χ0) is 13.2. The van der Waals surface area contributed by atoms with Crippen LogP contribution in [0.1, 0.15) is 39.0 Å². The molecule has 5 nitrogen and oxygen atoms in total. The molecule has 1 N–H and O–H groups in total. The Bertz CT molecular complexity index is 328. The molecule has 0 aromatic carbocycles. The number of aliphatic carboxylic acids is 1. The van der Waals surface area contributed by atoms with E-state index in [0.29, 0.717) is 19.7 Å². The Labute approximate surface area is 107 Å². The number of amides is 1. The Hall–Kier alpha value is -1.10. The topological polar surface area (TPSA) is 66.8 Å². The van der Waals surface area contributed by atoms with Crippen molar-refractivity contribution in [3.8, 4) is 0 Å². The SMILES string of the molecule is CC1(C(=O)N2CCC(CC(=O)O)CC2)CCCO1. The zero-order valence-corrected chi connectivity index (χ0v) is 10.9. The fraction of sp³-hybridized carbons (Fsp3) is 0.846. The van der Waals surface area contributed by atoms with Crippen molar-refractivity contribution in [1.82, 2.24) is 4.90 Å². The van der Waals surface area contributed by atoms with Gasteiger partial charge < -0.3 is 14.7 Å². The molecule has 2 aliphatic heterocycles. The Balaban J connectivity index is 1.86. The van der Waals surface area contributed by atoms with Crippen LogP contribution in [0.15, 0.2) is 0 Å². The maximum atomic E-state index is 12.3. The second-order valence-corrected chi connectivity index (χ2v) is 5.52. The molecule has 2 rings (SSSR count). The van der Waals surface area contributed by atoms with Crippen LogP contribution in [-0.4, -0.2) is 47.2 Å². The van der Waals surface area contributed by atoms with Gasteiger partial charge in [-0.3, -0.25) is 9.59 Å². The summed E-state index contributed by atoms with van der Waals surface area (Å²) in [5.41, 5.74) is -0.639. The van der Waals surface area contributed by atoms with Crippen LogP contribution in [0, 0.1) is 5.92 Å². The first-order valence-electron chi connectivity index (χ1n) is 6.66. The van der Waals surface area contributed by atoms with Crippen LogP contribution < -0.4 is 0 Å². The number of carboxylic acids is 1. The second kappa shape index (κ2) is 5.26. The summed E-state index contributed by atoms with van der Waals surface area (Å²) in [6.07, 6.45) is 3.52. The highest BCUT2D eigenvalue weighted by atomic mass is 16.5. The van der Waals surface area contributed by atoms with Crippen molar-refractivity contribution in [3.05, 3.63) is 0 Å². The number of likely N-dealkylation sites (tertiary alicyclic amines) is 1. The van der Waals surface area contributed by atoms with Crippen molar-refractivity contribution in [3.63, 3.8) is 0 Å². The Morgan fingerprint density at radius 3 is 2.56 bits per heavy atom. The van der Waals surface area contributed by atoms with Crippen molar-refractivity contribution < 1.29 is 19.4 Å². The number of hydrogen-bond donors (Lipinski definition) is 1. The molecule has 0 saturated carbocycles. The molecule has 0 aromatic heterocycles. The number of nitrogens with zero attached hydrogens (tertiary/aromatic N) is 1. The van der Waals surface area contributed by atoms with E-state index in [1.54, 1.807) is 0 Å². The van der Waals surface area contributed by atoms with Crippen molar-refractivity contribution in [1.29, 1.82) is 0 Å². The predicted molar refractivity (Wildman–Crippen MR) is 65.1 cm³/mol. The van der Waals surface area contributed by atoms with Crippen molar-refractivity contribution in [2.75, 3.05) is 19.7 Å². The van der Waals surface area contributed by atoms with Gasteiger partial charge in [-0.2, -0.15) is 0 Å². The molecule has 2 heterocycles. The van der Waals surface area contributed by atoms with Crippen LogP contribution in [0.5, 0.6) is 0 Å². The van der Waals surface area contributed by atoms with Crippen LogP contribution in [0.3, 0.4) is 0 Å². The first kappa shape index (κ1) is 13.3. The second-order valence-electron chi connectivity index (χ2n) is 5.52. The van der Waals surface area contributed by atoms with Gasteiger partial charge in [0.25, 0.3) is 5.91 Å². The number of carboxylic acid groups (broad SMARTS) is 1. The molecular formula is C13H21NO4. The highest BCUT2D eigenvalue weighted by Crippen LogP contribution is 2.29. The lowest BCUT2D eigenvalue weighted by Gasteiger charge is -2.36. The van der Waals surface area contributed by atoms with Gasteiger partial charge in [-0.05, 0) is 38.5 Å². The van der Waals surface area contributed by atoms with Crippen LogP contribution in [-0.2, 0) is 14.3 Å². The van der Waals surface area contributed by atoms with Gasteiger partial charge in [0.2, 0.25) is 0 Å². The molecule has 1 atom stereocenters. The molecule has 0 aliphatic carbocycles. The smallest absolute Gasteiger partial charge is 0.303 e. The number of carbonyl (C=O) groups excluding carboxylic acids is 1. The molecule has 0 aromatic rings. The first-order valence-corrected chi connectivity index (χ1v) is 6.66. The summed E-state index contributed by atoms with van der Waals surface area (Å²) in [6, 6.07) is 0. The summed E-state index contributed by atoms with van der Waals surface area (Å²) in [4.78, 5) is 24.8. The molecule has 5 heteroatoms. The molecule has 2 fully saturated rings. The molecule has 18 heavy (non-hydrogen) atoms. The number of rotatable bonds is 3. The number of carbonyl (C=O) groups is 2. The van der Waals surface area contributed by atoms with Gasteiger partial charge in [0.1, 0.15) is 5.60 Å². The zero-order valence-electron chi connectivity index (χ0n) is 10.9. The van der Waals surface area contributed by atoms with E-state index in [1.807, 2.05) is 11.8 Å². The Morgan fingerprint density at radius 1 is 1.39 bits per heavy atom. The summed E-state index contributed by atoms with van der Waals surface area (Å²) >= 11 is 0. The maximum absolute atomic E-state index is 12.3. The van der Waals surface area contributed by atoms with Crippen molar-refractivity contribution in [2.24, 2.45) is 5.92 Å². The first-order chi connectivity index (χ1) is 8.51. The molecule has 102 valence electrons. The highest BCUT2D eigenvalue weighted by Gasteiger charge is 2.41. The van der Waals surface area contributed by atoms with Gasteiger partial charge in [-0.1, -0.05) is 0 Å².